The first kappa shape index (κ1) is 18.3. The first-order valence-corrected chi connectivity index (χ1v) is 9.24. The van der Waals surface area contributed by atoms with Crippen molar-refractivity contribution in [3.63, 3.8) is 0 Å². The molecule has 0 bridgehead atoms. The highest BCUT2D eigenvalue weighted by molar-refractivity contribution is 5.94. The van der Waals surface area contributed by atoms with E-state index < -0.39 is 12.2 Å². The topological polar surface area (TPSA) is 75.4 Å². The van der Waals surface area contributed by atoms with Crippen molar-refractivity contribution >= 4 is 17.4 Å². The molecule has 2 aromatic heterocycles. The van der Waals surface area contributed by atoms with Crippen LogP contribution in [0.25, 0.3) is 5.65 Å². The van der Waals surface area contributed by atoms with Crippen LogP contribution in [-0.4, -0.2) is 44.8 Å². The van der Waals surface area contributed by atoms with Gasteiger partial charge in [-0.25, -0.2) is 8.78 Å². The molecule has 146 valence electrons. The number of fused-ring (bicyclic) bond motifs is 1. The van der Waals surface area contributed by atoms with Crippen LogP contribution in [0.1, 0.15) is 41.9 Å². The van der Waals surface area contributed by atoms with Gasteiger partial charge in [0.1, 0.15) is 5.82 Å². The summed E-state index contributed by atoms with van der Waals surface area (Å²) in [6.07, 6.45) is 0.158. The van der Waals surface area contributed by atoms with Crippen LogP contribution in [0, 0.1) is 0 Å². The molecule has 1 aromatic carbocycles. The van der Waals surface area contributed by atoms with Crippen molar-refractivity contribution in [2.75, 3.05) is 18.0 Å². The molecule has 0 spiro atoms. The predicted octanol–water partition coefficient (Wildman–Crippen LogP) is 2.85. The first-order valence-electron chi connectivity index (χ1n) is 9.24. The maximum Gasteiger partial charge on any atom is 0.299 e. The maximum absolute atomic E-state index is 13.1. The van der Waals surface area contributed by atoms with Gasteiger partial charge in [-0.3, -0.25) is 4.79 Å². The summed E-state index contributed by atoms with van der Waals surface area (Å²) < 4.78 is 27.3. The zero-order chi connectivity index (χ0) is 19.5. The average Bonchev–Trinajstić information content (AvgIpc) is 3.16. The lowest BCUT2D eigenvalue weighted by molar-refractivity contribution is 0.0949. The summed E-state index contributed by atoms with van der Waals surface area (Å²) in [6, 6.07) is 12.5. The SMILES string of the molecule is O=C(NCC1CCCCN1c1ccc2nnc(C(F)F)n2n1)c1ccccc1. The molecule has 0 aliphatic carbocycles. The monoisotopic (exact) mass is 386 g/mol. The van der Waals surface area contributed by atoms with E-state index in [0.29, 0.717) is 17.9 Å². The van der Waals surface area contributed by atoms with Gasteiger partial charge in [-0.15, -0.1) is 15.3 Å². The fraction of sp³-hybridized carbons (Fsp3) is 0.368. The molecule has 1 unspecified atom stereocenters. The van der Waals surface area contributed by atoms with Crippen molar-refractivity contribution in [2.24, 2.45) is 0 Å². The number of anilines is 1. The van der Waals surface area contributed by atoms with E-state index in [1.54, 1.807) is 24.3 Å². The fourth-order valence-electron chi connectivity index (χ4n) is 3.50. The summed E-state index contributed by atoms with van der Waals surface area (Å²) in [5.74, 6) is -0.0241. The third kappa shape index (κ3) is 3.64. The second-order valence-electron chi connectivity index (χ2n) is 6.74. The van der Waals surface area contributed by atoms with Crippen molar-refractivity contribution in [1.29, 1.82) is 0 Å². The Kier molecular flexibility index (Phi) is 5.14. The number of piperidine rings is 1. The fourth-order valence-corrected chi connectivity index (χ4v) is 3.50. The summed E-state index contributed by atoms with van der Waals surface area (Å²) in [4.78, 5) is 14.4. The molecule has 1 N–H and O–H groups in total. The van der Waals surface area contributed by atoms with Crippen LogP contribution in [0.15, 0.2) is 42.5 Å². The van der Waals surface area contributed by atoms with E-state index in [2.05, 4.69) is 25.5 Å². The van der Waals surface area contributed by atoms with Crippen LogP contribution < -0.4 is 10.2 Å². The van der Waals surface area contributed by atoms with Gasteiger partial charge < -0.3 is 10.2 Å². The van der Waals surface area contributed by atoms with Crippen molar-refractivity contribution in [1.82, 2.24) is 25.1 Å². The van der Waals surface area contributed by atoms with Crippen molar-refractivity contribution in [3.8, 4) is 0 Å². The predicted molar refractivity (Wildman–Crippen MR) is 99.5 cm³/mol. The van der Waals surface area contributed by atoms with Crippen LogP contribution in [0.4, 0.5) is 14.6 Å². The van der Waals surface area contributed by atoms with Gasteiger partial charge in [-0.2, -0.15) is 4.52 Å². The van der Waals surface area contributed by atoms with Crippen molar-refractivity contribution < 1.29 is 13.6 Å². The molecule has 1 atom stereocenters. The number of rotatable bonds is 5. The van der Waals surface area contributed by atoms with Crippen LogP contribution in [0.2, 0.25) is 0 Å². The Labute approximate surface area is 160 Å². The van der Waals surface area contributed by atoms with E-state index in [4.69, 9.17) is 0 Å². The molecule has 0 saturated carbocycles. The number of alkyl halides is 2. The van der Waals surface area contributed by atoms with Crippen LogP contribution in [-0.2, 0) is 0 Å². The molecule has 4 rings (SSSR count). The first-order chi connectivity index (χ1) is 13.6. The standard InChI is InChI=1S/C19H20F2N6O/c20-17(21)18-24-23-15-9-10-16(25-27(15)18)26-11-5-4-8-14(26)12-22-19(28)13-6-2-1-3-7-13/h1-3,6-7,9-10,14,17H,4-5,8,11-12H2,(H,22,28). The van der Waals surface area contributed by atoms with E-state index in [1.807, 2.05) is 18.2 Å². The van der Waals surface area contributed by atoms with Gasteiger partial charge in [0, 0.05) is 24.7 Å². The van der Waals surface area contributed by atoms with Gasteiger partial charge in [0.2, 0.25) is 5.82 Å². The highest BCUT2D eigenvalue weighted by Crippen LogP contribution is 2.24. The minimum Gasteiger partial charge on any atom is -0.350 e. The van der Waals surface area contributed by atoms with Gasteiger partial charge >= 0.3 is 0 Å². The third-order valence-electron chi connectivity index (χ3n) is 4.92. The summed E-state index contributed by atoms with van der Waals surface area (Å²) in [5, 5.41) is 14.6. The van der Waals surface area contributed by atoms with Crippen molar-refractivity contribution in [3.05, 3.63) is 53.9 Å². The Morgan fingerprint density at radius 2 is 1.96 bits per heavy atom. The van der Waals surface area contributed by atoms with Gasteiger partial charge in [0.05, 0.1) is 0 Å². The van der Waals surface area contributed by atoms with Crippen LogP contribution >= 0.6 is 0 Å². The van der Waals surface area contributed by atoms with E-state index >= 15 is 0 Å². The number of carbonyl (C=O) groups is 1. The molecular formula is C19H20F2N6O. The molecule has 28 heavy (non-hydrogen) atoms. The maximum atomic E-state index is 13.1. The van der Waals surface area contributed by atoms with Gasteiger partial charge in [0.15, 0.2) is 5.65 Å². The van der Waals surface area contributed by atoms with Gasteiger partial charge in [0.25, 0.3) is 12.3 Å². The highest BCUT2D eigenvalue weighted by atomic mass is 19.3. The summed E-state index contributed by atoms with van der Waals surface area (Å²) in [6.45, 7) is 1.20. The third-order valence-corrected chi connectivity index (χ3v) is 4.92. The average molecular weight is 386 g/mol. The molecule has 1 amide bonds. The molecular weight excluding hydrogens is 366 g/mol. The molecule has 1 aliphatic rings. The quantitative estimate of drug-likeness (QED) is 0.730. The summed E-state index contributed by atoms with van der Waals surface area (Å²) >= 11 is 0. The molecule has 1 saturated heterocycles. The Hall–Kier alpha value is -3.10. The van der Waals surface area contributed by atoms with E-state index in [9.17, 15) is 13.6 Å². The molecule has 3 aromatic rings. The van der Waals surface area contributed by atoms with Gasteiger partial charge in [-0.05, 0) is 43.5 Å². The minimum absolute atomic E-state index is 0.0397. The Morgan fingerprint density at radius 3 is 2.75 bits per heavy atom. The lowest BCUT2D eigenvalue weighted by atomic mass is 10.0. The number of amides is 1. The molecule has 3 heterocycles. The lowest BCUT2D eigenvalue weighted by Gasteiger charge is -2.36. The Morgan fingerprint density at radius 1 is 1.14 bits per heavy atom. The number of benzene rings is 1. The largest absolute Gasteiger partial charge is 0.350 e. The summed E-state index contributed by atoms with van der Waals surface area (Å²) in [7, 11) is 0. The summed E-state index contributed by atoms with van der Waals surface area (Å²) in [5.41, 5.74) is 0.889. The number of aromatic nitrogens is 4. The number of halogens is 2. The molecule has 0 radical (unpaired) electrons. The van der Waals surface area contributed by atoms with Crippen molar-refractivity contribution in [2.45, 2.75) is 31.7 Å². The number of nitrogens with one attached hydrogen (secondary N) is 1. The molecule has 1 fully saturated rings. The van der Waals surface area contributed by atoms with Crippen LogP contribution in [0.3, 0.4) is 0 Å². The number of carbonyl (C=O) groups excluding carboxylic acids is 1. The smallest absolute Gasteiger partial charge is 0.299 e. The van der Waals surface area contributed by atoms with E-state index in [1.165, 1.54) is 0 Å². The van der Waals surface area contributed by atoms with E-state index in [-0.39, 0.29) is 17.6 Å². The Balaban J connectivity index is 1.53. The molecule has 1 aliphatic heterocycles. The van der Waals surface area contributed by atoms with Crippen LogP contribution in [0.5, 0.6) is 0 Å². The minimum atomic E-state index is -2.75. The number of nitrogens with zero attached hydrogens (tertiary/aromatic N) is 5. The number of hydrogen-bond acceptors (Lipinski definition) is 5. The highest BCUT2D eigenvalue weighted by Gasteiger charge is 2.26. The number of hydrogen-bond donors (Lipinski definition) is 1. The Bertz CT molecular complexity index is 961. The zero-order valence-corrected chi connectivity index (χ0v) is 15.1. The second-order valence-corrected chi connectivity index (χ2v) is 6.74. The molecule has 7 nitrogen and oxygen atoms in total. The van der Waals surface area contributed by atoms with Gasteiger partial charge in [-0.1, -0.05) is 18.2 Å². The second kappa shape index (κ2) is 7.87. The zero-order valence-electron chi connectivity index (χ0n) is 15.1. The normalized spacial score (nSPS) is 17.2. The lowest BCUT2D eigenvalue weighted by Crippen LogP contribution is -2.47. The van der Waals surface area contributed by atoms with E-state index in [0.717, 1.165) is 30.3 Å². The molecule has 9 heteroatoms.